The predicted molar refractivity (Wildman–Crippen MR) is 48.5 cm³/mol. The molecule has 2 unspecified atom stereocenters. The maximum atomic E-state index is 11.2. The van der Waals surface area contributed by atoms with Crippen molar-refractivity contribution in [1.29, 1.82) is 0 Å². The van der Waals surface area contributed by atoms with Crippen molar-refractivity contribution in [3.63, 3.8) is 0 Å². The number of aliphatic hydroxyl groups is 1. The third-order valence-electron chi connectivity index (χ3n) is 2.09. The summed E-state index contributed by atoms with van der Waals surface area (Å²) in [7, 11) is 0. The van der Waals surface area contributed by atoms with E-state index in [1.54, 1.807) is 0 Å². The fraction of sp³-hybridized carbons (Fsp3) is 0.889. The van der Waals surface area contributed by atoms with Crippen LogP contribution < -0.4 is 5.73 Å². The van der Waals surface area contributed by atoms with Gasteiger partial charge in [0.2, 0.25) is 0 Å². The molecule has 0 aromatic heterocycles. The van der Waals surface area contributed by atoms with Crippen LogP contribution in [0.15, 0.2) is 0 Å². The van der Waals surface area contributed by atoms with Gasteiger partial charge in [-0.2, -0.15) is 0 Å². The lowest BCUT2D eigenvalue weighted by Crippen LogP contribution is -2.35. The van der Waals surface area contributed by atoms with E-state index in [2.05, 4.69) is 6.92 Å². The highest BCUT2D eigenvalue weighted by atomic mass is 16.3. The molecular formula is C9H19NO2. The number of aliphatic hydroxyl groups excluding tert-OH is 1. The molecule has 0 spiro atoms. The van der Waals surface area contributed by atoms with E-state index in [-0.39, 0.29) is 11.7 Å². The van der Waals surface area contributed by atoms with Gasteiger partial charge in [-0.1, -0.05) is 26.7 Å². The molecule has 0 aromatic rings. The Kier molecular flexibility index (Phi) is 5.93. The number of rotatable bonds is 6. The first-order chi connectivity index (χ1) is 5.63. The van der Waals surface area contributed by atoms with Gasteiger partial charge in [0.25, 0.3) is 0 Å². The second-order valence-corrected chi connectivity index (χ2v) is 3.09. The molecule has 0 aromatic carbocycles. The van der Waals surface area contributed by atoms with E-state index in [9.17, 15) is 4.79 Å². The van der Waals surface area contributed by atoms with Gasteiger partial charge in [-0.15, -0.1) is 0 Å². The number of carbonyl (C=O) groups is 1. The topological polar surface area (TPSA) is 63.3 Å². The van der Waals surface area contributed by atoms with Crippen LogP contribution >= 0.6 is 0 Å². The summed E-state index contributed by atoms with van der Waals surface area (Å²) in [4.78, 5) is 11.2. The van der Waals surface area contributed by atoms with Crippen molar-refractivity contribution in [1.82, 2.24) is 0 Å². The lowest BCUT2D eigenvalue weighted by Gasteiger charge is -2.14. The highest BCUT2D eigenvalue weighted by Gasteiger charge is 2.19. The van der Waals surface area contributed by atoms with Crippen LogP contribution in [0.3, 0.4) is 0 Å². The average molecular weight is 173 g/mol. The van der Waals surface area contributed by atoms with Crippen molar-refractivity contribution in [2.75, 3.05) is 0 Å². The zero-order valence-corrected chi connectivity index (χ0v) is 7.92. The lowest BCUT2D eigenvalue weighted by atomic mass is 9.94. The SMILES string of the molecule is CCCCC(CC)C(=O)C(N)O. The molecule has 0 fully saturated rings. The molecule has 0 radical (unpaired) electrons. The number of nitrogens with two attached hydrogens (primary N) is 1. The van der Waals surface area contributed by atoms with Crippen molar-refractivity contribution in [3.05, 3.63) is 0 Å². The molecular weight excluding hydrogens is 154 g/mol. The van der Waals surface area contributed by atoms with Gasteiger partial charge < -0.3 is 5.11 Å². The molecule has 0 aliphatic heterocycles. The molecule has 3 heteroatoms. The lowest BCUT2D eigenvalue weighted by molar-refractivity contribution is -0.131. The number of hydrogen-bond acceptors (Lipinski definition) is 3. The highest BCUT2D eigenvalue weighted by Crippen LogP contribution is 2.14. The van der Waals surface area contributed by atoms with Crippen LogP contribution in [-0.2, 0) is 4.79 Å². The van der Waals surface area contributed by atoms with Crippen LogP contribution in [0.2, 0.25) is 0 Å². The molecule has 3 N–H and O–H groups in total. The molecule has 0 bridgehead atoms. The number of ketones is 1. The highest BCUT2D eigenvalue weighted by molar-refractivity contribution is 5.84. The Morgan fingerprint density at radius 1 is 1.50 bits per heavy atom. The second kappa shape index (κ2) is 6.14. The molecule has 0 aliphatic carbocycles. The summed E-state index contributed by atoms with van der Waals surface area (Å²) in [6, 6.07) is 0. The molecule has 0 heterocycles. The van der Waals surface area contributed by atoms with Gasteiger partial charge in [-0.25, -0.2) is 0 Å². The molecule has 72 valence electrons. The van der Waals surface area contributed by atoms with Gasteiger partial charge in [-0.3, -0.25) is 10.5 Å². The monoisotopic (exact) mass is 173 g/mol. The van der Waals surface area contributed by atoms with E-state index in [0.29, 0.717) is 0 Å². The first kappa shape index (κ1) is 11.6. The third-order valence-corrected chi connectivity index (χ3v) is 2.09. The summed E-state index contributed by atoms with van der Waals surface area (Å²) in [6.07, 6.45) is 2.43. The van der Waals surface area contributed by atoms with E-state index in [0.717, 1.165) is 25.7 Å². The van der Waals surface area contributed by atoms with Crippen LogP contribution in [0.25, 0.3) is 0 Å². The molecule has 0 rings (SSSR count). The molecule has 0 aliphatic rings. The second-order valence-electron chi connectivity index (χ2n) is 3.09. The van der Waals surface area contributed by atoms with Crippen molar-refractivity contribution in [3.8, 4) is 0 Å². The largest absolute Gasteiger partial charge is 0.371 e. The summed E-state index contributed by atoms with van der Waals surface area (Å²) >= 11 is 0. The maximum absolute atomic E-state index is 11.2. The minimum atomic E-state index is -1.29. The Labute approximate surface area is 74.0 Å². The van der Waals surface area contributed by atoms with E-state index in [1.165, 1.54) is 0 Å². The predicted octanol–water partition coefficient (Wildman–Crippen LogP) is 1.05. The van der Waals surface area contributed by atoms with Gasteiger partial charge in [0.05, 0.1) is 0 Å². The van der Waals surface area contributed by atoms with Crippen molar-refractivity contribution in [2.24, 2.45) is 11.7 Å². The number of hydrogen-bond donors (Lipinski definition) is 2. The number of Topliss-reactive ketones (excluding diaryl/α,β-unsaturated/α-hetero) is 1. The van der Waals surface area contributed by atoms with Crippen molar-refractivity contribution < 1.29 is 9.90 Å². The quantitative estimate of drug-likeness (QED) is 0.590. The van der Waals surface area contributed by atoms with E-state index in [4.69, 9.17) is 10.8 Å². The molecule has 2 atom stereocenters. The standard InChI is InChI=1S/C9H19NO2/c1-3-5-6-7(4-2)8(11)9(10)12/h7,9,12H,3-6,10H2,1-2H3. The summed E-state index contributed by atoms with van der Waals surface area (Å²) < 4.78 is 0. The minimum absolute atomic E-state index is 0.0510. The number of carbonyl (C=O) groups excluding carboxylic acids is 1. The van der Waals surface area contributed by atoms with Crippen LogP contribution in [0.4, 0.5) is 0 Å². The van der Waals surface area contributed by atoms with Gasteiger partial charge in [0.15, 0.2) is 12.0 Å². The fourth-order valence-electron chi connectivity index (χ4n) is 1.24. The molecule has 12 heavy (non-hydrogen) atoms. The molecule has 3 nitrogen and oxygen atoms in total. The van der Waals surface area contributed by atoms with Gasteiger partial charge in [0.1, 0.15) is 0 Å². The fourth-order valence-corrected chi connectivity index (χ4v) is 1.24. The van der Waals surface area contributed by atoms with E-state index < -0.39 is 6.23 Å². The smallest absolute Gasteiger partial charge is 0.178 e. The van der Waals surface area contributed by atoms with Crippen molar-refractivity contribution in [2.45, 2.75) is 45.8 Å². The minimum Gasteiger partial charge on any atom is -0.371 e. The first-order valence-corrected chi connectivity index (χ1v) is 4.60. The summed E-state index contributed by atoms with van der Waals surface area (Å²) in [6.45, 7) is 4.02. The van der Waals surface area contributed by atoms with Gasteiger partial charge >= 0.3 is 0 Å². The Bertz CT molecular complexity index is 134. The van der Waals surface area contributed by atoms with Crippen LogP contribution in [0.1, 0.15) is 39.5 Å². The Hall–Kier alpha value is -0.410. The summed E-state index contributed by atoms with van der Waals surface area (Å²) in [5.74, 6) is -0.268. The summed E-state index contributed by atoms with van der Waals surface area (Å²) in [5.41, 5.74) is 5.09. The Morgan fingerprint density at radius 2 is 2.08 bits per heavy atom. The maximum Gasteiger partial charge on any atom is 0.178 e. The molecule has 0 amide bonds. The summed E-state index contributed by atoms with van der Waals surface area (Å²) in [5, 5.41) is 8.85. The van der Waals surface area contributed by atoms with E-state index >= 15 is 0 Å². The first-order valence-electron chi connectivity index (χ1n) is 4.60. The molecule has 0 saturated heterocycles. The van der Waals surface area contributed by atoms with Gasteiger partial charge in [-0.05, 0) is 12.8 Å². The van der Waals surface area contributed by atoms with Gasteiger partial charge in [0, 0.05) is 5.92 Å². The van der Waals surface area contributed by atoms with Crippen LogP contribution in [-0.4, -0.2) is 17.1 Å². The van der Waals surface area contributed by atoms with Crippen molar-refractivity contribution >= 4 is 5.78 Å². The Morgan fingerprint density at radius 3 is 2.42 bits per heavy atom. The normalized spacial score (nSPS) is 15.7. The van der Waals surface area contributed by atoms with E-state index in [1.807, 2.05) is 6.92 Å². The Balaban J connectivity index is 3.88. The van der Waals surface area contributed by atoms with Crippen LogP contribution in [0, 0.1) is 5.92 Å². The zero-order chi connectivity index (χ0) is 9.56. The molecule has 0 saturated carbocycles. The van der Waals surface area contributed by atoms with Crippen LogP contribution in [0.5, 0.6) is 0 Å². The average Bonchev–Trinajstić information content (AvgIpc) is 2.05. The zero-order valence-electron chi connectivity index (χ0n) is 7.92. The number of unbranched alkanes of at least 4 members (excludes halogenated alkanes) is 1. The third kappa shape index (κ3) is 3.83.